The van der Waals surface area contributed by atoms with Crippen LogP contribution in [0.1, 0.15) is 37.4 Å². The maximum atomic E-state index is 10.4. The third-order valence-corrected chi connectivity index (χ3v) is 2.96. The van der Waals surface area contributed by atoms with E-state index in [1.165, 1.54) is 5.56 Å². The Kier molecular flexibility index (Phi) is 5.82. The highest BCUT2D eigenvalue weighted by molar-refractivity contribution is 5.67. The van der Waals surface area contributed by atoms with Crippen LogP contribution in [0.5, 0.6) is 0 Å². The maximum absolute atomic E-state index is 10.4. The number of aliphatic carboxylic acids is 1. The molecule has 4 heteroatoms. The zero-order valence-electron chi connectivity index (χ0n) is 10.9. The molecule has 1 aromatic rings. The van der Waals surface area contributed by atoms with E-state index in [2.05, 4.69) is 36.5 Å². The Balaban J connectivity index is 2.44. The van der Waals surface area contributed by atoms with E-state index in [0.29, 0.717) is 0 Å². The summed E-state index contributed by atoms with van der Waals surface area (Å²) < 4.78 is 0. The second kappa shape index (κ2) is 7.13. The number of aliphatic hydroxyl groups is 1. The van der Waals surface area contributed by atoms with E-state index >= 15 is 0 Å². The number of hydrogen-bond donors (Lipinski definition) is 3. The minimum atomic E-state index is -0.982. The van der Waals surface area contributed by atoms with Gasteiger partial charge in [-0.1, -0.05) is 31.2 Å². The molecule has 0 saturated carbocycles. The van der Waals surface area contributed by atoms with Crippen molar-refractivity contribution in [3.63, 3.8) is 0 Å². The lowest BCUT2D eigenvalue weighted by Gasteiger charge is -2.17. The molecule has 0 aromatic heterocycles. The Bertz CT molecular complexity index is 375. The van der Waals surface area contributed by atoms with Crippen molar-refractivity contribution in [1.82, 2.24) is 5.32 Å². The molecule has 0 spiro atoms. The number of benzene rings is 1. The quantitative estimate of drug-likeness (QED) is 0.690. The SMILES string of the molecule is CCc1ccc(C(C)NCC(O)CC(=O)O)cc1. The molecular weight excluding hydrogens is 230 g/mol. The predicted octanol–water partition coefficient (Wildman–Crippen LogP) is 1.74. The molecular formula is C14H21NO3. The summed E-state index contributed by atoms with van der Waals surface area (Å²) in [6.45, 7) is 4.39. The summed E-state index contributed by atoms with van der Waals surface area (Å²) in [5.74, 6) is -0.982. The van der Waals surface area contributed by atoms with Crippen molar-refractivity contribution in [3.05, 3.63) is 35.4 Å². The fourth-order valence-corrected chi connectivity index (χ4v) is 1.75. The van der Waals surface area contributed by atoms with Crippen LogP contribution in [0.4, 0.5) is 0 Å². The average molecular weight is 251 g/mol. The molecule has 100 valence electrons. The first-order chi connectivity index (χ1) is 8.52. The number of hydrogen-bond acceptors (Lipinski definition) is 3. The molecule has 0 fully saturated rings. The molecule has 0 heterocycles. The van der Waals surface area contributed by atoms with Crippen LogP contribution in [0.15, 0.2) is 24.3 Å². The Morgan fingerprint density at radius 2 is 1.94 bits per heavy atom. The van der Waals surface area contributed by atoms with Gasteiger partial charge in [0.25, 0.3) is 0 Å². The van der Waals surface area contributed by atoms with Gasteiger partial charge < -0.3 is 15.5 Å². The first-order valence-electron chi connectivity index (χ1n) is 6.25. The van der Waals surface area contributed by atoms with Crippen LogP contribution in [-0.4, -0.2) is 28.8 Å². The van der Waals surface area contributed by atoms with E-state index in [1.807, 2.05) is 6.92 Å². The molecule has 0 amide bonds. The zero-order chi connectivity index (χ0) is 13.5. The lowest BCUT2D eigenvalue weighted by Crippen LogP contribution is -2.30. The molecule has 0 aliphatic carbocycles. The Hall–Kier alpha value is -1.39. The van der Waals surface area contributed by atoms with Gasteiger partial charge in [0.1, 0.15) is 0 Å². The van der Waals surface area contributed by atoms with Crippen molar-refractivity contribution < 1.29 is 15.0 Å². The Morgan fingerprint density at radius 1 is 1.33 bits per heavy atom. The summed E-state index contributed by atoms with van der Waals surface area (Å²) in [7, 11) is 0. The smallest absolute Gasteiger partial charge is 0.306 e. The standard InChI is InChI=1S/C14H21NO3/c1-3-11-4-6-12(7-5-11)10(2)15-9-13(16)8-14(17)18/h4-7,10,13,15-16H,3,8-9H2,1-2H3,(H,17,18). The van der Waals surface area contributed by atoms with Crippen LogP contribution in [0.25, 0.3) is 0 Å². The number of carbonyl (C=O) groups is 1. The molecule has 0 radical (unpaired) electrons. The maximum Gasteiger partial charge on any atom is 0.306 e. The van der Waals surface area contributed by atoms with E-state index in [1.54, 1.807) is 0 Å². The number of nitrogens with one attached hydrogen (secondary N) is 1. The van der Waals surface area contributed by atoms with E-state index in [4.69, 9.17) is 5.11 Å². The van der Waals surface area contributed by atoms with Crippen molar-refractivity contribution in [1.29, 1.82) is 0 Å². The van der Waals surface area contributed by atoms with Crippen molar-refractivity contribution in [2.45, 2.75) is 38.8 Å². The second-order valence-corrected chi connectivity index (χ2v) is 4.48. The van der Waals surface area contributed by atoms with Crippen LogP contribution in [0.3, 0.4) is 0 Å². The largest absolute Gasteiger partial charge is 0.481 e. The predicted molar refractivity (Wildman–Crippen MR) is 70.5 cm³/mol. The summed E-state index contributed by atoms with van der Waals surface area (Å²) in [4.78, 5) is 10.4. The normalized spacial score (nSPS) is 14.2. The van der Waals surface area contributed by atoms with Crippen molar-refractivity contribution >= 4 is 5.97 Å². The van der Waals surface area contributed by atoms with Gasteiger partial charge >= 0.3 is 5.97 Å². The number of rotatable bonds is 7. The highest BCUT2D eigenvalue weighted by Crippen LogP contribution is 2.13. The lowest BCUT2D eigenvalue weighted by molar-refractivity contribution is -0.139. The first-order valence-corrected chi connectivity index (χ1v) is 6.25. The monoisotopic (exact) mass is 251 g/mol. The fraction of sp³-hybridized carbons (Fsp3) is 0.500. The number of carboxylic acid groups (broad SMARTS) is 1. The number of aryl methyl sites for hydroxylation is 1. The Labute approximate surface area is 108 Å². The third kappa shape index (κ3) is 4.85. The topological polar surface area (TPSA) is 69.6 Å². The molecule has 4 nitrogen and oxygen atoms in total. The van der Waals surface area contributed by atoms with Gasteiger partial charge in [0.15, 0.2) is 0 Å². The minimum Gasteiger partial charge on any atom is -0.481 e. The van der Waals surface area contributed by atoms with Gasteiger partial charge in [-0.05, 0) is 24.5 Å². The van der Waals surface area contributed by atoms with Crippen molar-refractivity contribution in [2.24, 2.45) is 0 Å². The van der Waals surface area contributed by atoms with Crippen LogP contribution in [0, 0.1) is 0 Å². The summed E-state index contributed by atoms with van der Waals surface area (Å²) in [6.07, 6.45) is -0.0617. The molecule has 2 unspecified atom stereocenters. The lowest BCUT2D eigenvalue weighted by atomic mass is 10.0. The molecule has 3 N–H and O–H groups in total. The summed E-state index contributed by atoms with van der Waals surface area (Å²) in [6, 6.07) is 8.38. The van der Waals surface area contributed by atoms with Crippen LogP contribution in [-0.2, 0) is 11.2 Å². The molecule has 1 aromatic carbocycles. The first kappa shape index (κ1) is 14.7. The fourth-order valence-electron chi connectivity index (χ4n) is 1.75. The molecule has 18 heavy (non-hydrogen) atoms. The molecule has 0 bridgehead atoms. The van der Waals surface area contributed by atoms with Crippen LogP contribution >= 0.6 is 0 Å². The van der Waals surface area contributed by atoms with Gasteiger partial charge in [-0.15, -0.1) is 0 Å². The average Bonchev–Trinajstić information content (AvgIpc) is 2.35. The van der Waals surface area contributed by atoms with E-state index in [-0.39, 0.29) is 19.0 Å². The van der Waals surface area contributed by atoms with E-state index in [9.17, 15) is 9.90 Å². The van der Waals surface area contributed by atoms with Gasteiger partial charge in [-0.25, -0.2) is 0 Å². The molecule has 0 aliphatic heterocycles. The van der Waals surface area contributed by atoms with Gasteiger partial charge in [0.2, 0.25) is 0 Å². The van der Waals surface area contributed by atoms with Crippen molar-refractivity contribution in [2.75, 3.05) is 6.54 Å². The van der Waals surface area contributed by atoms with E-state index < -0.39 is 12.1 Å². The van der Waals surface area contributed by atoms with Crippen molar-refractivity contribution in [3.8, 4) is 0 Å². The number of carboxylic acids is 1. The summed E-state index contributed by atoms with van der Waals surface area (Å²) in [5.41, 5.74) is 2.42. The summed E-state index contributed by atoms with van der Waals surface area (Å²) in [5, 5.41) is 21.1. The molecule has 1 rings (SSSR count). The molecule has 0 saturated heterocycles. The van der Waals surface area contributed by atoms with Crippen LogP contribution < -0.4 is 5.32 Å². The van der Waals surface area contributed by atoms with Crippen LogP contribution in [0.2, 0.25) is 0 Å². The van der Waals surface area contributed by atoms with E-state index in [0.717, 1.165) is 12.0 Å². The molecule has 2 atom stereocenters. The second-order valence-electron chi connectivity index (χ2n) is 4.48. The van der Waals surface area contributed by atoms with Gasteiger partial charge in [0, 0.05) is 12.6 Å². The van der Waals surface area contributed by atoms with Gasteiger partial charge in [-0.3, -0.25) is 4.79 Å². The highest BCUT2D eigenvalue weighted by Gasteiger charge is 2.11. The molecule has 0 aliphatic rings. The summed E-state index contributed by atoms with van der Waals surface area (Å²) >= 11 is 0. The number of aliphatic hydroxyl groups excluding tert-OH is 1. The van der Waals surface area contributed by atoms with Gasteiger partial charge in [-0.2, -0.15) is 0 Å². The highest BCUT2D eigenvalue weighted by atomic mass is 16.4. The zero-order valence-corrected chi connectivity index (χ0v) is 10.9. The third-order valence-electron chi connectivity index (χ3n) is 2.96. The minimum absolute atomic E-state index is 0.0966. The Morgan fingerprint density at radius 3 is 2.44 bits per heavy atom. The van der Waals surface area contributed by atoms with Gasteiger partial charge in [0.05, 0.1) is 12.5 Å².